The molecule has 0 spiro atoms. The number of nitrogens with zero attached hydrogens (tertiary/aromatic N) is 3. The van der Waals surface area contributed by atoms with Gasteiger partial charge in [0.15, 0.2) is 5.82 Å². The van der Waals surface area contributed by atoms with Crippen LogP contribution < -0.4 is 0 Å². The lowest BCUT2D eigenvalue weighted by atomic mass is 9.95. The summed E-state index contributed by atoms with van der Waals surface area (Å²) in [5.41, 5.74) is 10.7. The van der Waals surface area contributed by atoms with Crippen LogP contribution in [0.1, 0.15) is 0 Å². The molecule has 11 aromatic rings. The molecule has 0 bridgehead atoms. The Morgan fingerprint density at radius 3 is 1.67 bits per heavy atom. The first kappa shape index (κ1) is 30.7. The SMILES string of the molecule is c1ccc(-c2ccc3c(c2)c2c4c(ccc5c6ccccc6sc54)c(-c4nc(-c5ccccc5)cc(-c5ccccc5)n4)cc2n3-c2ccccc2)cc1. The zero-order chi connectivity index (χ0) is 35.6. The minimum Gasteiger partial charge on any atom is -0.309 e. The molecule has 0 saturated carbocycles. The fraction of sp³-hybridized carbons (Fsp3) is 0. The predicted octanol–water partition coefficient (Wildman–Crippen LogP) is 13.8. The van der Waals surface area contributed by atoms with Gasteiger partial charge in [-0.2, -0.15) is 0 Å². The average Bonchev–Trinajstić information content (AvgIpc) is 3.80. The van der Waals surface area contributed by atoms with E-state index in [1.165, 1.54) is 47.5 Å². The zero-order valence-electron chi connectivity index (χ0n) is 29.1. The quantitative estimate of drug-likeness (QED) is 0.178. The molecule has 0 atom stereocenters. The Balaban J connectivity index is 1.33. The third-order valence-electron chi connectivity index (χ3n) is 10.6. The summed E-state index contributed by atoms with van der Waals surface area (Å²) < 4.78 is 4.98. The van der Waals surface area contributed by atoms with Crippen LogP contribution in [0.4, 0.5) is 0 Å². The second-order valence-corrected chi connectivity index (χ2v) is 14.8. The molecule has 4 heteroatoms. The molecule has 252 valence electrons. The number of thiophene rings is 1. The Hall–Kier alpha value is -6.88. The molecule has 0 fully saturated rings. The van der Waals surface area contributed by atoms with E-state index < -0.39 is 0 Å². The Morgan fingerprint density at radius 2 is 0.981 bits per heavy atom. The molecule has 0 N–H and O–H groups in total. The van der Waals surface area contributed by atoms with Crippen LogP contribution in [0.2, 0.25) is 0 Å². The van der Waals surface area contributed by atoms with Crippen molar-refractivity contribution in [1.82, 2.24) is 14.5 Å². The summed E-state index contributed by atoms with van der Waals surface area (Å²) in [4.78, 5) is 10.7. The molecule has 3 nitrogen and oxygen atoms in total. The van der Waals surface area contributed by atoms with Crippen molar-refractivity contribution in [3.8, 4) is 50.7 Å². The minimum absolute atomic E-state index is 0.706. The molecule has 0 aliphatic carbocycles. The van der Waals surface area contributed by atoms with Crippen molar-refractivity contribution in [2.24, 2.45) is 0 Å². The van der Waals surface area contributed by atoms with Crippen LogP contribution in [0, 0.1) is 0 Å². The molecule has 0 saturated heterocycles. The molecular formula is C50H31N3S. The molecule has 0 aliphatic rings. The Kier molecular flexibility index (Phi) is 7.04. The van der Waals surface area contributed by atoms with Crippen molar-refractivity contribution in [3.05, 3.63) is 188 Å². The van der Waals surface area contributed by atoms with Crippen LogP contribution >= 0.6 is 11.3 Å². The van der Waals surface area contributed by atoms with Crippen molar-refractivity contribution in [3.63, 3.8) is 0 Å². The number of hydrogen-bond donors (Lipinski definition) is 0. The van der Waals surface area contributed by atoms with Gasteiger partial charge in [0, 0.05) is 58.7 Å². The van der Waals surface area contributed by atoms with E-state index in [1.807, 2.05) is 23.5 Å². The highest BCUT2D eigenvalue weighted by Gasteiger charge is 2.23. The van der Waals surface area contributed by atoms with Gasteiger partial charge in [0.05, 0.1) is 22.4 Å². The van der Waals surface area contributed by atoms with Gasteiger partial charge >= 0.3 is 0 Å². The average molecular weight is 706 g/mol. The third kappa shape index (κ3) is 4.88. The van der Waals surface area contributed by atoms with E-state index in [2.05, 4.69) is 180 Å². The predicted molar refractivity (Wildman–Crippen MR) is 229 cm³/mol. The van der Waals surface area contributed by atoms with Crippen molar-refractivity contribution in [2.75, 3.05) is 0 Å². The lowest BCUT2D eigenvalue weighted by Gasteiger charge is -2.14. The maximum Gasteiger partial charge on any atom is 0.161 e. The standard InChI is InChI=1S/C50H31N3S/c1-5-15-32(16-6-1)35-25-28-44-41(29-35)47-45(53(44)36-21-11-4-12-22-36)30-40(38-26-27-39-37-23-13-14-24-46(37)54-49(39)48(38)47)50-51-42(33-17-7-2-8-18-33)31-43(52-50)34-19-9-3-10-20-34/h1-31H. The molecule has 11 rings (SSSR count). The smallest absolute Gasteiger partial charge is 0.161 e. The van der Waals surface area contributed by atoms with Gasteiger partial charge in [-0.15, -0.1) is 11.3 Å². The summed E-state index contributed by atoms with van der Waals surface area (Å²) in [6.45, 7) is 0. The largest absolute Gasteiger partial charge is 0.309 e. The first-order valence-corrected chi connectivity index (χ1v) is 19.1. The maximum atomic E-state index is 5.37. The number of fused-ring (bicyclic) bond motifs is 9. The topological polar surface area (TPSA) is 30.7 Å². The zero-order valence-corrected chi connectivity index (χ0v) is 30.0. The first-order chi connectivity index (χ1) is 26.8. The van der Waals surface area contributed by atoms with Crippen LogP contribution in [-0.4, -0.2) is 14.5 Å². The van der Waals surface area contributed by atoms with E-state index in [9.17, 15) is 0 Å². The lowest BCUT2D eigenvalue weighted by molar-refractivity contribution is 1.17. The second kappa shape index (κ2) is 12.4. The Labute approximate surface area is 316 Å². The number of rotatable bonds is 5. The maximum absolute atomic E-state index is 5.37. The van der Waals surface area contributed by atoms with E-state index in [4.69, 9.17) is 9.97 Å². The molecule has 3 aromatic heterocycles. The van der Waals surface area contributed by atoms with E-state index in [-0.39, 0.29) is 0 Å². The van der Waals surface area contributed by atoms with Gasteiger partial charge in [0.25, 0.3) is 0 Å². The Bertz CT molecular complexity index is 3130. The van der Waals surface area contributed by atoms with Crippen molar-refractivity contribution >= 4 is 64.1 Å². The van der Waals surface area contributed by atoms with Gasteiger partial charge in [-0.1, -0.05) is 146 Å². The van der Waals surface area contributed by atoms with Crippen molar-refractivity contribution in [2.45, 2.75) is 0 Å². The minimum atomic E-state index is 0.706. The lowest BCUT2D eigenvalue weighted by Crippen LogP contribution is -1.98. The second-order valence-electron chi connectivity index (χ2n) is 13.7. The molecule has 0 unspecified atom stereocenters. The summed E-state index contributed by atoms with van der Waals surface area (Å²) in [6, 6.07) is 67.1. The summed E-state index contributed by atoms with van der Waals surface area (Å²) in [5.74, 6) is 0.706. The summed E-state index contributed by atoms with van der Waals surface area (Å²) >= 11 is 1.87. The van der Waals surface area contributed by atoms with Crippen LogP contribution in [-0.2, 0) is 0 Å². The van der Waals surface area contributed by atoms with Crippen molar-refractivity contribution < 1.29 is 0 Å². The fourth-order valence-electron chi connectivity index (χ4n) is 8.12. The molecule has 54 heavy (non-hydrogen) atoms. The van der Waals surface area contributed by atoms with Gasteiger partial charge in [-0.3, -0.25) is 0 Å². The summed E-state index contributed by atoms with van der Waals surface area (Å²) in [5, 5.41) is 7.39. The van der Waals surface area contributed by atoms with E-state index in [1.54, 1.807) is 0 Å². The molecule has 0 radical (unpaired) electrons. The highest BCUT2D eigenvalue weighted by molar-refractivity contribution is 7.26. The molecule has 8 aromatic carbocycles. The van der Waals surface area contributed by atoms with Crippen LogP contribution in [0.15, 0.2) is 188 Å². The fourth-order valence-corrected chi connectivity index (χ4v) is 9.37. The van der Waals surface area contributed by atoms with E-state index in [0.717, 1.165) is 50.2 Å². The molecule has 0 aliphatic heterocycles. The number of benzene rings is 8. The van der Waals surface area contributed by atoms with Gasteiger partial charge < -0.3 is 4.57 Å². The third-order valence-corrected chi connectivity index (χ3v) is 11.8. The number of hydrogen-bond acceptors (Lipinski definition) is 3. The highest BCUT2D eigenvalue weighted by Crippen LogP contribution is 2.48. The summed E-state index contributed by atoms with van der Waals surface area (Å²) in [6.07, 6.45) is 0. The molecule has 3 heterocycles. The van der Waals surface area contributed by atoms with Gasteiger partial charge in [-0.25, -0.2) is 9.97 Å². The molecule has 0 amide bonds. The van der Waals surface area contributed by atoms with Gasteiger partial charge in [-0.05, 0) is 59.0 Å². The van der Waals surface area contributed by atoms with E-state index >= 15 is 0 Å². The first-order valence-electron chi connectivity index (χ1n) is 18.2. The van der Waals surface area contributed by atoms with Crippen LogP contribution in [0.25, 0.3) is 103 Å². The van der Waals surface area contributed by atoms with Crippen molar-refractivity contribution in [1.29, 1.82) is 0 Å². The van der Waals surface area contributed by atoms with Crippen LogP contribution in [0.5, 0.6) is 0 Å². The Morgan fingerprint density at radius 1 is 0.389 bits per heavy atom. The monoisotopic (exact) mass is 705 g/mol. The van der Waals surface area contributed by atoms with Crippen LogP contribution in [0.3, 0.4) is 0 Å². The number of aromatic nitrogens is 3. The van der Waals surface area contributed by atoms with Gasteiger partial charge in [0.1, 0.15) is 0 Å². The van der Waals surface area contributed by atoms with Gasteiger partial charge in [0.2, 0.25) is 0 Å². The summed E-state index contributed by atoms with van der Waals surface area (Å²) in [7, 11) is 0. The highest BCUT2D eigenvalue weighted by atomic mass is 32.1. The van der Waals surface area contributed by atoms with E-state index in [0.29, 0.717) is 5.82 Å². The molecular weight excluding hydrogens is 675 g/mol. The normalized spacial score (nSPS) is 11.7. The number of para-hydroxylation sites is 1.